The number of nitrogens with zero attached hydrogens (tertiary/aromatic N) is 3. The third-order valence-electron chi connectivity index (χ3n) is 7.66. The Morgan fingerprint density at radius 1 is 0.911 bits per heavy atom. The van der Waals surface area contributed by atoms with E-state index in [0.29, 0.717) is 36.0 Å². The molecule has 0 radical (unpaired) electrons. The summed E-state index contributed by atoms with van der Waals surface area (Å²) in [5, 5.41) is 0.922. The fourth-order valence-corrected chi connectivity index (χ4v) is 7.14. The van der Waals surface area contributed by atoms with E-state index in [1.54, 1.807) is 0 Å². The van der Waals surface area contributed by atoms with Gasteiger partial charge in [0.1, 0.15) is 11.5 Å². The Hall–Kier alpha value is -3.18. The van der Waals surface area contributed by atoms with Crippen LogP contribution in [-0.4, -0.2) is 50.7 Å². The van der Waals surface area contributed by atoms with Gasteiger partial charge in [-0.1, -0.05) is 59.6 Å². The number of rotatable bonds is 11. The molecular weight excluding hydrogens is 699 g/mol. The van der Waals surface area contributed by atoms with Gasteiger partial charge in [-0.15, -0.1) is 0 Å². The number of likely N-dealkylation sites (N-methyl/N-ethyl adjacent to an activating group) is 1. The molecule has 1 amide bonds. The minimum absolute atomic E-state index is 0. The maximum Gasteiger partial charge on any atom is 0.285 e. The van der Waals surface area contributed by atoms with Crippen molar-refractivity contribution in [3.8, 4) is 16.9 Å². The number of hydrogen-bond donors (Lipinski definition) is 1. The van der Waals surface area contributed by atoms with E-state index in [1.165, 1.54) is 12.5 Å². The van der Waals surface area contributed by atoms with Gasteiger partial charge in [0, 0.05) is 38.7 Å². The fraction of sp³-hybridized carbons (Fsp3) is 0.303. The normalized spacial score (nSPS) is 16.5. The molecule has 3 aromatic rings. The van der Waals surface area contributed by atoms with E-state index in [9.17, 15) is 13.2 Å². The number of hydrogen-bond acceptors (Lipinski definition) is 6. The summed E-state index contributed by atoms with van der Waals surface area (Å²) in [5.41, 5.74) is 5.29. The summed E-state index contributed by atoms with van der Waals surface area (Å²) in [6, 6.07) is 20.5. The molecule has 2 heterocycles. The fourth-order valence-electron chi connectivity index (χ4n) is 5.70. The SMILES string of the molecule is CCN1/C(=C\C=C\C2[OH+]c3ccc(-c4ccccc4)cc3N2CC)N(CCCCS(=O)(=O)NC(C)=O)c2cc(Cl)c(Cl)cc21.[Br-]. The Morgan fingerprint density at radius 2 is 1.60 bits per heavy atom. The van der Waals surface area contributed by atoms with Crippen LogP contribution >= 0.6 is 23.2 Å². The maximum absolute atomic E-state index is 12.2. The number of unbranched alkanes of at least 4 members (excludes halogenated alkanes) is 1. The largest absolute Gasteiger partial charge is 1.00 e. The number of halogens is 3. The lowest BCUT2D eigenvalue weighted by Gasteiger charge is -2.24. The van der Waals surface area contributed by atoms with Crippen molar-refractivity contribution in [3.05, 3.63) is 94.8 Å². The summed E-state index contributed by atoms with van der Waals surface area (Å²) in [6.07, 6.45) is 7.00. The molecule has 1 unspecified atom stereocenters. The lowest BCUT2D eigenvalue weighted by molar-refractivity contribution is -0.117. The number of amides is 1. The zero-order valence-corrected chi connectivity index (χ0v) is 29.3. The van der Waals surface area contributed by atoms with Gasteiger partial charge < -0.3 is 31.5 Å². The van der Waals surface area contributed by atoms with Crippen LogP contribution < -0.4 is 36.4 Å². The van der Waals surface area contributed by atoms with E-state index >= 15 is 0 Å². The number of benzene rings is 3. The highest BCUT2D eigenvalue weighted by molar-refractivity contribution is 7.90. The van der Waals surface area contributed by atoms with E-state index in [0.717, 1.165) is 40.7 Å². The number of allylic oxidation sites excluding steroid dienone is 2. The van der Waals surface area contributed by atoms with Gasteiger partial charge in [-0.25, -0.2) is 8.42 Å². The van der Waals surface area contributed by atoms with Crippen LogP contribution in [0, 0.1) is 0 Å². The molecule has 3 aromatic carbocycles. The van der Waals surface area contributed by atoms with Crippen molar-refractivity contribution >= 4 is 56.2 Å². The first-order chi connectivity index (χ1) is 21.1. The van der Waals surface area contributed by atoms with E-state index in [2.05, 4.69) is 71.0 Å². The van der Waals surface area contributed by atoms with Gasteiger partial charge in [-0.3, -0.25) is 14.4 Å². The van der Waals surface area contributed by atoms with Crippen molar-refractivity contribution in [2.45, 2.75) is 39.8 Å². The molecule has 0 aliphatic carbocycles. The molecular formula is C33H37BrCl2N4O4S. The zero-order valence-electron chi connectivity index (χ0n) is 25.4. The number of carbonyl (C=O) groups is 1. The van der Waals surface area contributed by atoms with Gasteiger partial charge in [0.15, 0.2) is 0 Å². The highest BCUT2D eigenvalue weighted by Gasteiger charge is 2.34. The summed E-state index contributed by atoms with van der Waals surface area (Å²) in [6.45, 7) is 7.44. The highest BCUT2D eigenvalue weighted by Crippen LogP contribution is 2.46. The molecule has 0 saturated heterocycles. The Morgan fingerprint density at radius 3 is 2.24 bits per heavy atom. The topological polar surface area (TPSA) is 85.8 Å². The monoisotopic (exact) mass is 734 g/mol. The van der Waals surface area contributed by atoms with Gasteiger partial charge in [0.2, 0.25) is 15.9 Å². The van der Waals surface area contributed by atoms with E-state index in [1.807, 2.05) is 41.1 Å². The molecule has 45 heavy (non-hydrogen) atoms. The van der Waals surface area contributed by atoms with Crippen LogP contribution in [0.3, 0.4) is 0 Å². The minimum atomic E-state index is -3.66. The van der Waals surface area contributed by atoms with Crippen LogP contribution in [0.25, 0.3) is 11.1 Å². The van der Waals surface area contributed by atoms with Crippen molar-refractivity contribution in [2.75, 3.05) is 40.1 Å². The molecule has 8 nitrogen and oxygen atoms in total. The predicted octanol–water partition coefficient (Wildman–Crippen LogP) is 4.06. The zero-order chi connectivity index (χ0) is 31.4. The first kappa shape index (κ1) is 34.7. The Balaban J connectivity index is 0.00000461. The van der Waals surface area contributed by atoms with Crippen molar-refractivity contribution in [1.29, 1.82) is 0 Å². The summed E-state index contributed by atoms with van der Waals surface area (Å²) < 4.78 is 31.3. The molecule has 0 aromatic heterocycles. The quantitative estimate of drug-likeness (QED) is 0.236. The van der Waals surface area contributed by atoms with Crippen LogP contribution in [0.2, 0.25) is 10.0 Å². The van der Waals surface area contributed by atoms with Crippen LogP contribution in [0.4, 0.5) is 17.1 Å². The Labute approximate surface area is 286 Å². The molecule has 1 atom stereocenters. The van der Waals surface area contributed by atoms with Crippen LogP contribution in [0.1, 0.15) is 33.6 Å². The average Bonchev–Trinajstić information content (AvgIpc) is 3.48. The molecule has 0 saturated carbocycles. The van der Waals surface area contributed by atoms with Gasteiger partial charge in [0.25, 0.3) is 12.0 Å². The van der Waals surface area contributed by atoms with E-state index in [4.69, 9.17) is 27.9 Å². The molecule has 0 spiro atoms. The minimum Gasteiger partial charge on any atom is -1.00 e. The summed E-state index contributed by atoms with van der Waals surface area (Å²) in [5.74, 6) is 1.19. The number of sulfonamides is 1. The first-order valence-corrected chi connectivity index (χ1v) is 17.1. The second-order valence-electron chi connectivity index (χ2n) is 10.6. The number of fused-ring (bicyclic) bond motifs is 2. The molecule has 2 N–H and O–H groups in total. The first-order valence-electron chi connectivity index (χ1n) is 14.7. The number of ether oxygens (including phenoxy) is 1. The van der Waals surface area contributed by atoms with Crippen molar-refractivity contribution in [3.63, 3.8) is 0 Å². The van der Waals surface area contributed by atoms with Crippen LogP contribution in [0.5, 0.6) is 5.75 Å². The molecule has 5 rings (SSSR count). The number of nitrogens with one attached hydrogen (secondary N) is 1. The van der Waals surface area contributed by atoms with Crippen LogP contribution in [-0.2, 0) is 14.8 Å². The number of aliphatic hydroxyl groups is 1. The maximum atomic E-state index is 12.2. The molecule has 240 valence electrons. The molecule has 0 bridgehead atoms. The standard InChI is InChI=1S/C33H36Cl2N4O4S.BrH/c1-4-37-28-21-26(34)27(35)22-29(28)39(18-9-10-19-44(41,42)36-23(3)40)32(37)14-11-15-33-38(5-2)30-20-25(16-17-31(30)43-33)24-12-7-6-8-13-24;/h6-8,11-17,20-22,33H,4-5,9-10,18-19H2,1-3H3,(H,36,40);1H/b15-11+,32-14+;. The number of aromatic hydroxyl groups is 1. The van der Waals surface area contributed by atoms with Crippen molar-refractivity contribution in [1.82, 2.24) is 4.72 Å². The molecule has 12 heteroatoms. The van der Waals surface area contributed by atoms with Crippen molar-refractivity contribution in [2.24, 2.45) is 0 Å². The van der Waals surface area contributed by atoms with E-state index in [-0.39, 0.29) is 29.0 Å². The summed E-state index contributed by atoms with van der Waals surface area (Å²) in [7, 11) is -3.66. The summed E-state index contributed by atoms with van der Waals surface area (Å²) >= 11 is 12.9. The van der Waals surface area contributed by atoms with Gasteiger partial charge in [0.05, 0.1) is 27.2 Å². The second-order valence-corrected chi connectivity index (χ2v) is 13.3. The average molecular weight is 737 g/mol. The molecule has 2 aliphatic rings. The predicted molar refractivity (Wildman–Crippen MR) is 181 cm³/mol. The third kappa shape index (κ3) is 7.80. The van der Waals surface area contributed by atoms with Gasteiger partial charge in [-0.05, 0) is 68.2 Å². The molecule has 0 fully saturated rings. The van der Waals surface area contributed by atoms with Crippen molar-refractivity contribution < 1.29 is 34.9 Å². The smallest absolute Gasteiger partial charge is 0.285 e. The van der Waals surface area contributed by atoms with E-state index < -0.39 is 15.9 Å². The van der Waals surface area contributed by atoms with Crippen LogP contribution in [0.15, 0.2) is 84.7 Å². The lowest BCUT2D eigenvalue weighted by Crippen LogP contribution is -3.00. The number of carbonyl (C=O) groups excluding carboxylic acids is 1. The summed E-state index contributed by atoms with van der Waals surface area (Å²) in [4.78, 5) is 17.8. The Bertz CT molecular complexity index is 1700. The lowest BCUT2D eigenvalue weighted by atomic mass is 10.0. The Kier molecular flexibility index (Phi) is 11.5. The third-order valence-corrected chi connectivity index (χ3v) is 9.81. The highest BCUT2D eigenvalue weighted by atomic mass is 79.9. The van der Waals surface area contributed by atoms with Gasteiger partial charge >= 0.3 is 0 Å². The second kappa shape index (κ2) is 14.9. The number of anilines is 3. The molecule has 2 aliphatic heterocycles. The van der Waals surface area contributed by atoms with Gasteiger partial charge in [-0.2, -0.15) is 0 Å².